The molecule has 2 aromatic carbocycles. The summed E-state index contributed by atoms with van der Waals surface area (Å²) in [4.78, 5) is 0.0518. The molecule has 0 fully saturated rings. The SMILES string of the molecule is COc1ccccc1CNC(=S)Nc1ccc(S(N)(=O)=O)cc1. The third kappa shape index (κ3) is 4.92. The Hall–Kier alpha value is -2.16. The number of anilines is 1. The van der Waals surface area contributed by atoms with Gasteiger partial charge in [-0.05, 0) is 42.5 Å². The third-order valence-electron chi connectivity index (χ3n) is 3.07. The molecule has 0 radical (unpaired) electrons. The van der Waals surface area contributed by atoms with E-state index >= 15 is 0 Å². The zero-order valence-electron chi connectivity index (χ0n) is 12.4. The number of methoxy groups -OCH3 is 1. The normalized spacial score (nSPS) is 10.9. The number of nitrogens with two attached hydrogens (primary N) is 1. The van der Waals surface area contributed by atoms with E-state index in [0.717, 1.165) is 11.3 Å². The standard InChI is InChI=1S/C15H17N3O3S2/c1-21-14-5-3-2-4-11(14)10-17-15(22)18-12-6-8-13(9-7-12)23(16,19)20/h2-9H,10H2,1H3,(H2,16,19,20)(H2,17,18,22). The van der Waals surface area contributed by atoms with E-state index < -0.39 is 10.0 Å². The first-order valence-electron chi connectivity index (χ1n) is 6.70. The molecule has 0 atom stereocenters. The zero-order valence-corrected chi connectivity index (χ0v) is 14.1. The van der Waals surface area contributed by atoms with Crippen LogP contribution in [0.4, 0.5) is 5.69 Å². The van der Waals surface area contributed by atoms with E-state index in [9.17, 15) is 8.42 Å². The maximum atomic E-state index is 11.2. The van der Waals surface area contributed by atoms with E-state index in [2.05, 4.69) is 10.6 Å². The Balaban J connectivity index is 1.95. The van der Waals surface area contributed by atoms with Gasteiger partial charge in [0.05, 0.1) is 12.0 Å². The molecule has 0 saturated carbocycles. The first-order valence-corrected chi connectivity index (χ1v) is 8.65. The highest BCUT2D eigenvalue weighted by Gasteiger charge is 2.07. The lowest BCUT2D eigenvalue weighted by Crippen LogP contribution is -2.28. The zero-order chi connectivity index (χ0) is 16.9. The molecule has 0 aliphatic carbocycles. The summed E-state index contributed by atoms with van der Waals surface area (Å²) >= 11 is 5.21. The summed E-state index contributed by atoms with van der Waals surface area (Å²) in [6.45, 7) is 0.505. The molecule has 122 valence electrons. The van der Waals surface area contributed by atoms with Gasteiger partial charge in [0.15, 0.2) is 5.11 Å². The summed E-state index contributed by atoms with van der Waals surface area (Å²) < 4.78 is 27.7. The van der Waals surface area contributed by atoms with E-state index in [1.165, 1.54) is 12.1 Å². The van der Waals surface area contributed by atoms with Crippen molar-refractivity contribution in [3.8, 4) is 5.75 Å². The molecule has 8 heteroatoms. The molecule has 0 heterocycles. The molecule has 4 N–H and O–H groups in total. The summed E-state index contributed by atoms with van der Waals surface area (Å²) in [5.41, 5.74) is 1.64. The van der Waals surface area contributed by atoms with Crippen molar-refractivity contribution < 1.29 is 13.2 Å². The maximum Gasteiger partial charge on any atom is 0.238 e. The number of primary sulfonamides is 1. The molecule has 0 unspecified atom stereocenters. The molecule has 6 nitrogen and oxygen atoms in total. The van der Waals surface area contributed by atoms with E-state index in [1.54, 1.807) is 19.2 Å². The number of hydrogen-bond acceptors (Lipinski definition) is 4. The smallest absolute Gasteiger partial charge is 0.238 e. The van der Waals surface area contributed by atoms with Gasteiger partial charge in [0, 0.05) is 17.8 Å². The number of para-hydroxylation sites is 1. The van der Waals surface area contributed by atoms with Gasteiger partial charge in [-0.1, -0.05) is 18.2 Å². The van der Waals surface area contributed by atoms with Crippen molar-refractivity contribution in [2.45, 2.75) is 11.4 Å². The van der Waals surface area contributed by atoms with Crippen LogP contribution in [0.25, 0.3) is 0 Å². The van der Waals surface area contributed by atoms with E-state index in [0.29, 0.717) is 17.3 Å². The van der Waals surface area contributed by atoms with Crippen LogP contribution in [-0.4, -0.2) is 20.6 Å². The third-order valence-corrected chi connectivity index (χ3v) is 4.25. The number of ether oxygens (including phenoxy) is 1. The Kier molecular flexibility index (Phi) is 5.54. The largest absolute Gasteiger partial charge is 0.496 e. The van der Waals surface area contributed by atoms with Crippen LogP contribution in [0.5, 0.6) is 5.75 Å². The fourth-order valence-electron chi connectivity index (χ4n) is 1.93. The summed E-state index contributed by atoms with van der Waals surface area (Å²) in [5.74, 6) is 0.778. The molecular formula is C15H17N3O3S2. The molecular weight excluding hydrogens is 334 g/mol. The van der Waals surface area contributed by atoms with Gasteiger partial charge >= 0.3 is 0 Å². The minimum absolute atomic E-state index is 0.0518. The van der Waals surface area contributed by atoms with Crippen molar-refractivity contribution in [2.24, 2.45) is 5.14 Å². The highest BCUT2D eigenvalue weighted by molar-refractivity contribution is 7.89. The van der Waals surface area contributed by atoms with Gasteiger partial charge in [0.2, 0.25) is 10.0 Å². The number of thiocarbonyl (C=S) groups is 1. The molecule has 23 heavy (non-hydrogen) atoms. The monoisotopic (exact) mass is 351 g/mol. The van der Waals surface area contributed by atoms with Crippen LogP contribution in [0.15, 0.2) is 53.4 Å². The average molecular weight is 351 g/mol. The number of benzene rings is 2. The van der Waals surface area contributed by atoms with Gasteiger partial charge < -0.3 is 15.4 Å². The van der Waals surface area contributed by atoms with Crippen LogP contribution < -0.4 is 20.5 Å². The van der Waals surface area contributed by atoms with E-state index in [1.807, 2.05) is 24.3 Å². The molecule has 0 spiro atoms. The van der Waals surface area contributed by atoms with Crippen LogP contribution in [0.3, 0.4) is 0 Å². The van der Waals surface area contributed by atoms with Gasteiger partial charge in [-0.2, -0.15) is 0 Å². The Morgan fingerprint density at radius 2 is 1.83 bits per heavy atom. The van der Waals surface area contributed by atoms with Crippen molar-refractivity contribution >= 4 is 33.0 Å². The van der Waals surface area contributed by atoms with E-state index in [-0.39, 0.29) is 4.90 Å². The highest BCUT2D eigenvalue weighted by atomic mass is 32.2. The van der Waals surface area contributed by atoms with Crippen molar-refractivity contribution in [2.75, 3.05) is 12.4 Å². The minimum atomic E-state index is -3.69. The molecule has 0 aromatic heterocycles. The summed E-state index contributed by atoms with van der Waals surface area (Å²) in [5, 5.41) is 11.5. The van der Waals surface area contributed by atoms with Gasteiger partial charge in [-0.3, -0.25) is 0 Å². The Morgan fingerprint density at radius 3 is 2.43 bits per heavy atom. The van der Waals surface area contributed by atoms with Crippen LogP contribution in [0.1, 0.15) is 5.56 Å². The quantitative estimate of drug-likeness (QED) is 0.712. The first kappa shape index (κ1) is 17.2. The second-order valence-electron chi connectivity index (χ2n) is 4.69. The summed E-state index contributed by atoms with van der Waals surface area (Å²) in [7, 11) is -2.08. The fourth-order valence-corrected chi connectivity index (χ4v) is 2.63. The van der Waals surface area contributed by atoms with Crippen molar-refractivity contribution in [3.63, 3.8) is 0 Å². The Bertz CT molecular complexity index is 790. The van der Waals surface area contributed by atoms with Crippen LogP contribution >= 0.6 is 12.2 Å². The Morgan fingerprint density at radius 1 is 1.17 bits per heavy atom. The summed E-state index contributed by atoms with van der Waals surface area (Å²) in [6, 6.07) is 13.7. The van der Waals surface area contributed by atoms with E-state index in [4.69, 9.17) is 22.1 Å². The number of sulfonamides is 1. The number of nitrogens with one attached hydrogen (secondary N) is 2. The predicted molar refractivity (Wildman–Crippen MR) is 93.9 cm³/mol. The lowest BCUT2D eigenvalue weighted by molar-refractivity contribution is 0.409. The second-order valence-corrected chi connectivity index (χ2v) is 6.66. The summed E-state index contributed by atoms with van der Waals surface area (Å²) in [6.07, 6.45) is 0. The molecule has 0 saturated heterocycles. The predicted octanol–water partition coefficient (Wildman–Crippen LogP) is 1.83. The molecule has 0 aliphatic heterocycles. The lowest BCUT2D eigenvalue weighted by atomic mass is 10.2. The van der Waals surface area contributed by atoms with Gasteiger partial charge in [0.25, 0.3) is 0 Å². The molecule has 2 aromatic rings. The second kappa shape index (κ2) is 7.40. The van der Waals surface area contributed by atoms with Gasteiger partial charge in [-0.25, -0.2) is 13.6 Å². The van der Waals surface area contributed by atoms with Gasteiger partial charge in [-0.15, -0.1) is 0 Å². The Labute approximate surface area is 140 Å². The highest BCUT2D eigenvalue weighted by Crippen LogP contribution is 2.17. The topological polar surface area (TPSA) is 93.4 Å². The molecule has 2 rings (SSSR count). The lowest BCUT2D eigenvalue weighted by Gasteiger charge is -2.12. The number of rotatable bonds is 5. The number of hydrogen-bond donors (Lipinski definition) is 3. The molecule has 0 amide bonds. The average Bonchev–Trinajstić information content (AvgIpc) is 2.53. The van der Waals surface area contributed by atoms with Crippen LogP contribution in [0, 0.1) is 0 Å². The van der Waals surface area contributed by atoms with Crippen LogP contribution in [-0.2, 0) is 16.6 Å². The molecule has 0 aliphatic rings. The van der Waals surface area contributed by atoms with Crippen molar-refractivity contribution in [3.05, 3.63) is 54.1 Å². The van der Waals surface area contributed by atoms with Crippen molar-refractivity contribution in [1.82, 2.24) is 5.32 Å². The van der Waals surface area contributed by atoms with Gasteiger partial charge in [0.1, 0.15) is 5.75 Å². The van der Waals surface area contributed by atoms with Crippen molar-refractivity contribution in [1.29, 1.82) is 0 Å². The van der Waals surface area contributed by atoms with Crippen LogP contribution in [0.2, 0.25) is 0 Å². The fraction of sp³-hybridized carbons (Fsp3) is 0.133. The minimum Gasteiger partial charge on any atom is -0.496 e. The molecule has 0 bridgehead atoms. The first-order chi connectivity index (χ1) is 10.9. The maximum absolute atomic E-state index is 11.2.